The zero-order valence-electron chi connectivity index (χ0n) is 21.4. The van der Waals surface area contributed by atoms with Crippen molar-refractivity contribution in [2.45, 2.75) is 39.1 Å². The zero-order chi connectivity index (χ0) is 27.2. The molecule has 2 aromatic heterocycles. The van der Waals surface area contributed by atoms with Gasteiger partial charge in [-0.2, -0.15) is 0 Å². The number of benzene rings is 2. The summed E-state index contributed by atoms with van der Waals surface area (Å²) in [7, 11) is 1.33. The molecule has 2 aromatic carbocycles. The number of thiophene rings is 1. The van der Waals surface area contributed by atoms with Gasteiger partial charge in [0, 0.05) is 17.5 Å². The number of rotatable bonds is 10. The number of nitrogens with one attached hydrogen (secondary N) is 1. The highest BCUT2D eigenvalue weighted by Crippen LogP contribution is 2.36. The average molecular weight is 571 g/mol. The third-order valence-electron chi connectivity index (χ3n) is 5.68. The van der Waals surface area contributed by atoms with Crippen molar-refractivity contribution in [3.05, 3.63) is 75.4 Å². The number of carbonyl (C=O) groups excluding carboxylic acids is 2. The Bertz CT molecular complexity index is 1450. The first-order valence-corrected chi connectivity index (χ1v) is 14.1. The molecular weight excluding hydrogens is 544 g/mol. The molecule has 0 saturated heterocycles. The Hall–Kier alpha value is -3.34. The minimum absolute atomic E-state index is 0.0844. The number of aromatic nitrogens is 3. The Morgan fingerprint density at radius 2 is 1.84 bits per heavy atom. The lowest BCUT2D eigenvalue weighted by Gasteiger charge is -2.10. The number of hydrogen-bond donors (Lipinski definition) is 1. The van der Waals surface area contributed by atoms with Crippen molar-refractivity contribution in [1.29, 1.82) is 0 Å². The fourth-order valence-corrected chi connectivity index (χ4v) is 5.67. The number of thioether (sulfide) groups is 1. The quantitative estimate of drug-likeness (QED) is 0.174. The lowest BCUT2D eigenvalue weighted by molar-refractivity contribution is -0.113. The molecule has 0 aliphatic carbocycles. The summed E-state index contributed by atoms with van der Waals surface area (Å²) in [5.41, 5.74) is 4.08. The molecule has 0 atom stereocenters. The number of hydrogen-bond acceptors (Lipinski definition) is 8. The second-order valence-corrected chi connectivity index (χ2v) is 10.6. The molecule has 38 heavy (non-hydrogen) atoms. The normalized spacial score (nSPS) is 10.9. The van der Waals surface area contributed by atoms with E-state index in [0.717, 1.165) is 16.7 Å². The number of carbonyl (C=O) groups is 2. The van der Waals surface area contributed by atoms with E-state index in [0.29, 0.717) is 44.4 Å². The van der Waals surface area contributed by atoms with Crippen LogP contribution in [-0.2, 0) is 22.7 Å². The molecule has 2 heterocycles. The van der Waals surface area contributed by atoms with Gasteiger partial charge >= 0.3 is 5.97 Å². The van der Waals surface area contributed by atoms with E-state index in [9.17, 15) is 9.59 Å². The average Bonchev–Trinajstić information content (AvgIpc) is 3.51. The van der Waals surface area contributed by atoms with E-state index in [1.54, 1.807) is 6.07 Å². The van der Waals surface area contributed by atoms with Crippen LogP contribution in [0, 0.1) is 13.8 Å². The number of anilines is 1. The number of esters is 1. The lowest BCUT2D eigenvalue weighted by atomic mass is 10.0. The molecule has 0 unspecified atom stereocenters. The van der Waals surface area contributed by atoms with E-state index in [-0.39, 0.29) is 18.3 Å². The first kappa shape index (κ1) is 27.7. The molecule has 0 aliphatic heterocycles. The summed E-state index contributed by atoms with van der Waals surface area (Å²) in [6.45, 7) is 6.73. The standard InChI is InChI=1S/C27H27ClN4O4S2/c1-5-32-22(13-36-21-12-17(3)8-11-20(21)28)30-31-27(32)38-15-23(33)29-25-24(26(34)35-4)19(14-37-25)18-9-6-16(2)7-10-18/h6-12,14H,5,13,15H2,1-4H3,(H,29,33). The van der Waals surface area contributed by atoms with Gasteiger partial charge in [-0.25, -0.2) is 4.79 Å². The van der Waals surface area contributed by atoms with Crippen LogP contribution in [0.3, 0.4) is 0 Å². The van der Waals surface area contributed by atoms with Crippen molar-refractivity contribution < 1.29 is 19.1 Å². The molecule has 0 aliphatic rings. The minimum atomic E-state index is -0.506. The predicted molar refractivity (Wildman–Crippen MR) is 151 cm³/mol. The Kier molecular flexibility index (Phi) is 9.09. The van der Waals surface area contributed by atoms with Gasteiger partial charge in [0.1, 0.15) is 22.9 Å². The number of aryl methyl sites for hydroxylation is 2. The largest absolute Gasteiger partial charge is 0.484 e. The summed E-state index contributed by atoms with van der Waals surface area (Å²) < 4.78 is 12.8. The Morgan fingerprint density at radius 3 is 2.55 bits per heavy atom. The monoisotopic (exact) mass is 570 g/mol. The Labute approximate surface area is 234 Å². The molecule has 0 fully saturated rings. The maximum atomic E-state index is 12.9. The highest BCUT2D eigenvalue weighted by Gasteiger charge is 2.23. The van der Waals surface area contributed by atoms with Crippen LogP contribution in [-0.4, -0.2) is 39.5 Å². The summed E-state index contributed by atoms with van der Waals surface area (Å²) in [4.78, 5) is 25.4. The smallest absolute Gasteiger partial charge is 0.341 e. The maximum absolute atomic E-state index is 12.9. The van der Waals surface area contributed by atoms with Crippen LogP contribution in [0.4, 0.5) is 5.00 Å². The molecule has 0 bridgehead atoms. The molecule has 0 saturated carbocycles. The van der Waals surface area contributed by atoms with E-state index in [2.05, 4.69) is 15.5 Å². The third-order valence-corrected chi connectivity index (χ3v) is 7.86. The molecule has 1 N–H and O–H groups in total. The van der Waals surface area contributed by atoms with E-state index in [1.807, 2.05) is 67.1 Å². The second kappa shape index (κ2) is 12.5. The summed E-state index contributed by atoms with van der Waals surface area (Å²) in [6.07, 6.45) is 0. The topological polar surface area (TPSA) is 95.3 Å². The van der Waals surface area contributed by atoms with Crippen molar-refractivity contribution >= 4 is 51.6 Å². The minimum Gasteiger partial charge on any atom is -0.484 e. The number of methoxy groups -OCH3 is 1. The van der Waals surface area contributed by atoms with Crippen molar-refractivity contribution in [2.75, 3.05) is 18.2 Å². The number of halogens is 1. The zero-order valence-corrected chi connectivity index (χ0v) is 23.8. The van der Waals surface area contributed by atoms with Crippen LogP contribution in [0.2, 0.25) is 5.02 Å². The predicted octanol–water partition coefficient (Wildman–Crippen LogP) is 6.39. The molecule has 4 rings (SSSR count). The highest BCUT2D eigenvalue weighted by molar-refractivity contribution is 7.99. The molecule has 0 radical (unpaired) electrons. The van der Waals surface area contributed by atoms with Gasteiger partial charge in [-0.3, -0.25) is 4.79 Å². The molecule has 1 amide bonds. The summed E-state index contributed by atoms with van der Waals surface area (Å²) >= 11 is 8.77. The number of nitrogens with zero attached hydrogens (tertiary/aromatic N) is 3. The molecule has 198 valence electrons. The van der Waals surface area contributed by atoms with Gasteiger partial charge in [-0.05, 0) is 44.0 Å². The molecular formula is C27H27ClN4O4S2. The summed E-state index contributed by atoms with van der Waals surface area (Å²) in [5.74, 6) is 0.512. The van der Waals surface area contributed by atoms with E-state index < -0.39 is 5.97 Å². The van der Waals surface area contributed by atoms with Crippen LogP contribution in [0.1, 0.15) is 34.2 Å². The van der Waals surface area contributed by atoms with Crippen molar-refractivity contribution in [2.24, 2.45) is 0 Å². The maximum Gasteiger partial charge on any atom is 0.341 e. The van der Waals surface area contributed by atoms with Crippen LogP contribution < -0.4 is 10.1 Å². The fourth-order valence-electron chi connectivity index (χ4n) is 3.71. The van der Waals surface area contributed by atoms with Gasteiger partial charge in [0.2, 0.25) is 5.91 Å². The second-order valence-electron chi connectivity index (χ2n) is 8.41. The van der Waals surface area contributed by atoms with E-state index in [1.165, 1.54) is 30.2 Å². The van der Waals surface area contributed by atoms with Crippen LogP contribution in [0.25, 0.3) is 11.1 Å². The first-order chi connectivity index (χ1) is 18.3. The Morgan fingerprint density at radius 1 is 1.11 bits per heavy atom. The fraction of sp³-hybridized carbons (Fsp3) is 0.259. The van der Waals surface area contributed by atoms with Gasteiger partial charge in [-0.1, -0.05) is 59.3 Å². The van der Waals surface area contributed by atoms with E-state index in [4.69, 9.17) is 21.1 Å². The first-order valence-electron chi connectivity index (χ1n) is 11.8. The van der Waals surface area contributed by atoms with E-state index >= 15 is 0 Å². The molecule has 0 spiro atoms. The van der Waals surface area contributed by atoms with Crippen LogP contribution >= 0.6 is 34.7 Å². The SMILES string of the molecule is CCn1c(COc2cc(C)ccc2Cl)nnc1SCC(=O)Nc1scc(-c2ccc(C)cc2)c1C(=O)OC. The molecule has 4 aromatic rings. The number of ether oxygens (including phenoxy) is 2. The van der Waals surface area contributed by atoms with Gasteiger partial charge in [0.15, 0.2) is 11.0 Å². The molecule has 11 heteroatoms. The van der Waals surface area contributed by atoms with Gasteiger partial charge in [0.25, 0.3) is 0 Å². The van der Waals surface area contributed by atoms with Crippen LogP contribution in [0.15, 0.2) is 53.0 Å². The third kappa shape index (κ3) is 6.38. The van der Waals surface area contributed by atoms with Crippen molar-refractivity contribution in [3.8, 4) is 16.9 Å². The van der Waals surface area contributed by atoms with Crippen LogP contribution in [0.5, 0.6) is 5.75 Å². The van der Waals surface area contributed by atoms with Gasteiger partial charge in [-0.15, -0.1) is 21.5 Å². The van der Waals surface area contributed by atoms with Gasteiger partial charge < -0.3 is 19.4 Å². The molecule has 8 nitrogen and oxygen atoms in total. The van der Waals surface area contributed by atoms with Crippen molar-refractivity contribution in [1.82, 2.24) is 14.8 Å². The lowest BCUT2D eigenvalue weighted by Crippen LogP contribution is -2.16. The summed E-state index contributed by atoms with van der Waals surface area (Å²) in [5, 5.41) is 14.7. The summed E-state index contributed by atoms with van der Waals surface area (Å²) in [6, 6.07) is 13.4. The Balaban J connectivity index is 1.43. The van der Waals surface area contributed by atoms with Crippen molar-refractivity contribution in [3.63, 3.8) is 0 Å². The number of amides is 1. The van der Waals surface area contributed by atoms with Gasteiger partial charge in [0.05, 0.1) is 17.9 Å². The highest BCUT2D eigenvalue weighted by atomic mass is 35.5.